The third-order valence-electron chi connectivity index (χ3n) is 4.35. The standard InChI is InChI=1S/C24H19BrClN3O4/c1-15-5-4-6-16(11-15)23(31)27-14-22(30)29-28-13-17-12-18(25)9-10-21(17)33-24(32)19-7-2-3-8-20(19)26/h2-13H,14H2,1H3,(H,27,31)(H,29,30)/b28-13-. The molecule has 0 aliphatic rings. The van der Waals surface area contributed by atoms with Gasteiger partial charge in [0, 0.05) is 15.6 Å². The van der Waals surface area contributed by atoms with E-state index in [1.165, 1.54) is 6.21 Å². The zero-order valence-corrected chi connectivity index (χ0v) is 19.8. The van der Waals surface area contributed by atoms with Crippen LogP contribution in [0.3, 0.4) is 0 Å². The Bertz CT molecular complexity index is 1230. The normalized spacial score (nSPS) is 10.6. The summed E-state index contributed by atoms with van der Waals surface area (Å²) in [5.74, 6) is -1.27. The molecule has 2 N–H and O–H groups in total. The van der Waals surface area contributed by atoms with E-state index in [9.17, 15) is 14.4 Å². The number of aryl methyl sites for hydroxylation is 1. The number of hydrogen-bond donors (Lipinski definition) is 2. The van der Waals surface area contributed by atoms with Gasteiger partial charge in [-0.1, -0.05) is 57.4 Å². The molecule has 0 aliphatic carbocycles. The zero-order chi connectivity index (χ0) is 23.8. The molecule has 0 heterocycles. The minimum Gasteiger partial charge on any atom is -0.422 e. The van der Waals surface area contributed by atoms with E-state index < -0.39 is 11.9 Å². The molecule has 3 aromatic carbocycles. The van der Waals surface area contributed by atoms with E-state index in [-0.39, 0.29) is 28.8 Å². The van der Waals surface area contributed by atoms with Gasteiger partial charge in [0.25, 0.3) is 11.8 Å². The molecule has 0 spiro atoms. The maximum Gasteiger partial charge on any atom is 0.345 e. The van der Waals surface area contributed by atoms with Crippen LogP contribution < -0.4 is 15.5 Å². The fourth-order valence-electron chi connectivity index (χ4n) is 2.76. The van der Waals surface area contributed by atoms with Crippen molar-refractivity contribution in [3.05, 3.63) is 98.5 Å². The molecule has 0 fully saturated rings. The van der Waals surface area contributed by atoms with E-state index in [1.807, 2.05) is 13.0 Å². The van der Waals surface area contributed by atoms with Crippen LogP contribution in [0.1, 0.15) is 31.8 Å². The molecule has 3 rings (SSSR count). The molecule has 0 saturated heterocycles. The van der Waals surface area contributed by atoms with Crippen LogP contribution in [0.5, 0.6) is 5.75 Å². The molecule has 0 aromatic heterocycles. The summed E-state index contributed by atoms with van der Waals surface area (Å²) >= 11 is 9.41. The summed E-state index contributed by atoms with van der Waals surface area (Å²) in [5.41, 5.74) is 4.40. The Morgan fingerprint density at radius 3 is 2.61 bits per heavy atom. The van der Waals surface area contributed by atoms with Crippen molar-refractivity contribution < 1.29 is 19.1 Å². The predicted molar refractivity (Wildman–Crippen MR) is 130 cm³/mol. The van der Waals surface area contributed by atoms with Gasteiger partial charge < -0.3 is 10.1 Å². The molecule has 3 aromatic rings. The van der Waals surface area contributed by atoms with Crippen molar-refractivity contribution in [2.45, 2.75) is 6.92 Å². The number of hydrazone groups is 1. The topological polar surface area (TPSA) is 96.9 Å². The number of hydrogen-bond acceptors (Lipinski definition) is 5. The fourth-order valence-corrected chi connectivity index (χ4v) is 3.35. The van der Waals surface area contributed by atoms with Crippen LogP contribution in [0.25, 0.3) is 0 Å². The van der Waals surface area contributed by atoms with Crippen LogP contribution >= 0.6 is 27.5 Å². The van der Waals surface area contributed by atoms with E-state index in [0.29, 0.717) is 11.1 Å². The Labute approximate surface area is 203 Å². The number of benzene rings is 3. The number of esters is 1. The summed E-state index contributed by atoms with van der Waals surface area (Å²) in [5, 5.41) is 6.70. The summed E-state index contributed by atoms with van der Waals surface area (Å²) in [4.78, 5) is 36.6. The summed E-state index contributed by atoms with van der Waals surface area (Å²) in [6, 6.07) is 18.5. The quantitative estimate of drug-likeness (QED) is 0.204. The maximum atomic E-state index is 12.5. The third-order valence-corrected chi connectivity index (χ3v) is 5.17. The van der Waals surface area contributed by atoms with E-state index in [0.717, 1.165) is 10.0 Å². The van der Waals surface area contributed by atoms with Crippen molar-refractivity contribution in [3.8, 4) is 5.75 Å². The van der Waals surface area contributed by atoms with Crippen LogP contribution in [0.4, 0.5) is 0 Å². The van der Waals surface area contributed by atoms with Gasteiger partial charge in [-0.3, -0.25) is 9.59 Å². The average molecular weight is 529 g/mol. The smallest absolute Gasteiger partial charge is 0.345 e. The molecule has 9 heteroatoms. The molecule has 0 unspecified atom stereocenters. The van der Waals surface area contributed by atoms with Crippen LogP contribution in [0, 0.1) is 6.92 Å². The molecular weight excluding hydrogens is 510 g/mol. The Morgan fingerprint density at radius 2 is 1.85 bits per heavy atom. The lowest BCUT2D eigenvalue weighted by Gasteiger charge is -2.09. The van der Waals surface area contributed by atoms with Crippen molar-refractivity contribution in [1.29, 1.82) is 0 Å². The first-order valence-electron chi connectivity index (χ1n) is 9.76. The maximum absolute atomic E-state index is 12.5. The van der Waals surface area contributed by atoms with Crippen molar-refractivity contribution in [2.24, 2.45) is 5.10 Å². The van der Waals surface area contributed by atoms with Gasteiger partial charge in [0.15, 0.2) is 0 Å². The lowest BCUT2D eigenvalue weighted by molar-refractivity contribution is -0.120. The highest BCUT2D eigenvalue weighted by Gasteiger charge is 2.14. The predicted octanol–water partition coefficient (Wildman–Crippen LogP) is 4.51. The summed E-state index contributed by atoms with van der Waals surface area (Å²) in [7, 11) is 0. The SMILES string of the molecule is Cc1cccc(C(=O)NCC(=O)N/N=C\c2cc(Br)ccc2OC(=O)c2ccccc2Cl)c1. The number of nitrogens with zero attached hydrogens (tertiary/aromatic N) is 1. The molecule has 0 atom stereocenters. The van der Waals surface area contributed by atoms with Gasteiger partial charge in [-0.05, 0) is 49.4 Å². The molecule has 0 radical (unpaired) electrons. The van der Waals surface area contributed by atoms with Crippen molar-refractivity contribution in [2.75, 3.05) is 6.54 Å². The van der Waals surface area contributed by atoms with E-state index in [4.69, 9.17) is 16.3 Å². The zero-order valence-electron chi connectivity index (χ0n) is 17.5. The molecule has 33 heavy (non-hydrogen) atoms. The van der Waals surface area contributed by atoms with Crippen molar-refractivity contribution >= 4 is 51.5 Å². The van der Waals surface area contributed by atoms with Gasteiger partial charge >= 0.3 is 5.97 Å². The van der Waals surface area contributed by atoms with Crippen molar-refractivity contribution in [1.82, 2.24) is 10.7 Å². The van der Waals surface area contributed by atoms with Crippen molar-refractivity contribution in [3.63, 3.8) is 0 Å². The summed E-state index contributed by atoms with van der Waals surface area (Å²) in [6.45, 7) is 1.62. The molecule has 0 bridgehead atoms. The lowest BCUT2D eigenvalue weighted by atomic mass is 10.1. The third kappa shape index (κ3) is 7.00. The largest absolute Gasteiger partial charge is 0.422 e. The molecule has 0 aliphatic heterocycles. The number of ether oxygens (including phenoxy) is 1. The number of amides is 2. The van der Waals surface area contributed by atoms with E-state index in [2.05, 4.69) is 31.8 Å². The Morgan fingerprint density at radius 1 is 1.06 bits per heavy atom. The van der Waals surface area contributed by atoms with Crippen LogP contribution in [-0.4, -0.2) is 30.5 Å². The monoisotopic (exact) mass is 527 g/mol. The summed E-state index contributed by atoms with van der Waals surface area (Å²) < 4.78 is 6.18. The fraction of sp³-hybridized carbons (Fsp3) is 0.0833. The lowest BCUT2D eigenvalue weighted by Crippen LogP contribution is -2.34. The second kappa shape index (κ2) is 11.4. The molecule has 2 amide bonds. The number of halogens is 2. The van der Waals surface area contributed by atoms with Gasteiger partial charge in [0.2, 0.25) is 0 Å². The number of carbonyl (C=O) groups excluding carboxylic acids is 3. The highest BCUT2D eigenvalue weighted by molar-refractivity contribution is 9.10. The number of nitrogens with one attached hydrogen (secondary N) is 2. The second-order valence-corrected chi connectivity index (χ2v) is 8.22. The van der Waals surface area contributed by atoms with Gasteiger partial charge in [-0.25, -0.2) is 10.2 Å². The van der Waals surface area contributed by atoms with Gasteiger partial charge in [-0.15, -0.1) is 0 Å². The highest BCUT2D eigenvalue weighted by atomic mass is 79.9. The molecule has 7 nitrogen and oxygen atoms in total. The number of rotatable bonds is 7. The van der Waals surface area contributed by atoms with Gasteiger partial charge in [-0.2, -0.15) is 5.10 Å². The van der Waals surface area contributed by atoms with Crippen LogP contribution in [-0.2, 0) is 4.79 Å². The van der Waals surface area contributed by atoms with Gasteiger partial charge in [0.1, 0.15) is 5.75 Å². The minimum absolute atomic E-state index is 0.225. The first-order valence-corrected chi connectivity index (χ1v) is 10.9. The first kappa shape index (κ1) is 24.2. The Hall–Kier alpha value is -3.49. The minimum atomic E-state index is -0.625. The van der Waals surface area contributed by atoms with Gasteiger partial charge in [0.05, 0.1) is 23.3 Å². The molecular formula is C24H19BrClN3O4. The summed E-state index contributed by atoms with van der Waals surface area (Å²) in [6.07, 6.45) is 1.33. The van der Waals surface area contributed by atoms with Crippen LogP contribution in [0.15, 0.2) is 76.3 Å². The molecule has 0 saturated carbocycles. The highest BCUT2D eigenvalue weighted by Crippen LogP contribution is 2.24. The Kier molecular flexibility index (Phi) is 8.34. The number of carbonyl (C=O) groups is 3. The second-order valence-electron chi connectivity index (χ2n) is 6.90. The molecule has 168 valence electrons. The first-order chi connectivity index (χ1) is 15.8. The van der Waals surface area contributed by atoms with Crippen LogP contribution in [0.2, 0.25) is 5.02 Å². The Balaban J connectivity index is 1.60. The van der Waals surface area contributed by atoms with E-state index in [1.54, 1.807) is 60.7 Å². The van der Waals surface area contributed by atoms with E-state index >= 15 is 0 Å². The average Bonchev–Trinajstić information content (AvgIpc) is 2.79.